The number of hydrogen-bond acceptors (Lipinski definition) is 3. The number of anilines is 1. The summed E-state index contributed by atoms with van der Waals surface area (Å²) in [4.78, 5) is 0. The van der Waals surface area contributed by atoms with Crippen LogP contribution in [0.15, 0.2) is 22.7 Å². The molecule has 90 valence electrons. The summed E-state index contributed by atoms with van der Waals surface area (Å²) in [5.74, 6) is 0.285. The average molecular weight is 327 g/mol. The predicted octanol–water partition coefficient (Wildman–Crippen LogP) is 2.95. The van der Waals surface area contributed by atoms with Crippen LogP contribution in [0.2, 0.25) is 5.02 Å². The normalized spacial score (nSPS) is 11.4. The van der Waals surface area contributed by atoms with E-state index in [0.29, 0.717) is 11.6 Å². The molecule has 0 fully saturated rings. The van der Waals surface area contributed by atoms with Gasteiger partial charge >= 0.3 is 0 Å². The van der Waals surface area contributed by atoms with Crippen LogP contribution in [-0.4, -0.2) is 26.5 Å². The molecule has 16 heavy (non-hydrogen) atoms. The Morgan fingerprint density at radius 1 is 1.44 bits per heavy atom. The second-order valence-corrected chi connectivity index (χ2v) is 7.08. The highest BCUT2D eigenvalue weighted by molar-refractivity contribution is 9.10. The van der Waals surface area contributed by atoms with Gasteiger partial charge < -0.3 is 5.32 Å². The lowest BCUT2D eigenvalue weighted by atomic mass is 10.3. The molecule has 0 saturated carbocycles. The van der Waals surface area contributed by atoms with Gasteiger partial charge in [-0.1, -0.05) is 34.5 Å². The van der Waals surface area contributed by atoms with Gasteiger partial charge in [0.2, 0.25) is 0 Å². The van der Waals surface area contributed by atoms with E-state index in [0.717, 1.165) is 10.2 Å². The Morgan fingerprint density at radius 2 is 2.12 bits per heavy atom. The maximum Gasteiger partial charge on any atom is 0.151 e. The number of hydrogen-bond donors (Lipinski definition) is 1. The first kappa shape index (κ1) is 13.8. The van der Waals surface area contributed by atoms with E-state index in [2.05, 4.69) is 21.2 Å². The van der Waals surface area contributed by atoms with Crippen molar-refractivity contribution < 1.29 is 8.42 Å². The highest BCUT2D eigenvalue weighted by atomic mass is 79.9. The summed E-state index contributed by atoms with van der Waals surface area (Å²) in [5.41, 5.74) is 0.738. The summed E-state index contributed by atoms with van der Waals surface area (Å²) in [7, 11) is -2.93. The van der Waals surface area contributed by atoms with E-state index in [1.165, 1.54) is 0 Å². The molecule has 0 atom stereocenters. The van der Waals surface area contributed by atoms with E-state index >= 15 is 0 Å². The third kappa shape index (κ3) is 4.31. The van der Waals surface area contributed by atoms with E-state index in [4.69, 9.17) is 11.6 Å². The third-order valence-electron chi connectivity index (χ3n) is 2.10. The van der Waals surface area contributed by atoms with Gasteiger partial charge in [-0.3, -0.25) is 0 Å². The molecule has 0 saturated heterocycles. The van der Waals surface area contributed by atoms with Crippen molar-refractivity contribution in [3.63, 3.8) is 0 Å². The van der Waals surface area contributed by atoms with E-state index in [-0.39, 0.29) is 11.5 Å². The molecule has 0 aliphatic rings. The standard InChI is InChI=1S/C10H13BrClNO2S/c1-2-16(14,15)6-5-13-10-7-8(11)3-4-9(10)12/h3-4,7,13H,2,5-6H2,1H3. The third-order valence-corrected chi connectivity index (χ3v) is 4.63. The van der Waals surface area contributed by atoms with Gasteiger partial charge in [0, 0.05) is 16.8 Å². The van der Waals surface area contributed by atoms with Crippen LogP contribution in [-0.2, 0) is 9.84 Å². The Labute approximate surface area is 109 Å². The molecule has 0 aliphatic carbocycles. The molecule has 0 aliphatic heterocycles. The van der Waals surface area contributed by atoms with Gasteiger partial charge in [-0.2, -0.15) is 0 Å². The first-order chi connectivity index (χ1) is 7.44. The lowest BCUT2D eigenvalue weighted by Crippen LogP contribution is -2.17. The lowest BCUT2D eigenvalue weighted by Gasteiger charge is -2.08. The number of halogens is 2. The first-order valence-electron chi connectivity index (χ1n) is 4.84. The molecule has 1 aromatic rings. The largest absolute Gasteiger partial charge is 0.383 e. The molecule has 0 aromatic heterocycles. The SMILES string of the molecule is CCS(=O)(=O)CCNc1cc(Br)ccc1Cl. The molecule has 1 N–H and O–H groups in total. The second kappa shape index (κ2) is 5.89. The maximum absolute atomic E-state index is 11.3. The summed E-state index contributed by atoms with van der Waals surface area (Å²) < 4.78 is 23.4. The Balaban J connectivity index is 2.59. The minimum absolute atomic E-state index is 0.117. The van der Waals surface area contributed by atoms with Gasteiger partial charge in [-0.25, -0.2) is 8.42 Å². The van der Waals surface area contributed by atoms with Crippen LogP contribution in [0.25, 0.3) is 0 Å². The topological polar surface area (TPSA) is 46.2 Å². The van der Waals surface area contributed by atoms with Gasteiger partial charge in [-0.15, -0.1) is 0 Å². The molecule has 0 heterocycles. The fourth-order valence-electron chi connectivity index (χ4n) is 1.12. The van der Waals surface area contributed by atoms with Crippen molar-refractivity contribution in [2.24, 2.45) is 0 Å². The van der Waals surface area contributed by atoms with Crippen molar-refractivity contribution >= 4 is 43.1 Å². The average Bonchev–Trinajstić information content (AvgIpc) is 2.23. The summed E-state index contributed by atoms with van der Waals surface area (Å²) in [6.45, 7) is 2.01. The number of rotatable bonds is 5. The van der Waals surface area contributed by atoms with Gasteiger partial charge in [0.1, 0.15) is 0 Å². The summed E-state index contributed by atoms with van der Waals surface area (Å²) >= 11 is 9.27. The number of nitrogens with one attached hydrogen (secondary N) is 1. The van der Waals surface area contributed by atoms with E-state index in [9.17, 15) is 8.42 Å². The fraction of sp³-hybridized carbons (Fsp3) is 0.400. The zero-order valence-corrected chi connectivity index (χ0v) is 12.0. The molecule has 0 unspecified atom stereocenters. The van der Waals surface area contributed by atoms with Crippen LogP contribution < -0.4 is 5.32 Å². The van der Waals surface area contributed by atoms with E-state index in [1.807, 2.05) is 12.1 Å². The molecule has 1 aromatic carbocycles. The zero-order valence-electron chi connectivity index (χ0n) is 8.83. The van der Waals surface area contributed by atoms with Gasteiger partial charge in [-0.05, 0) is 18.2 Å². The predicted molar refractivity (Wildman–Crippen MR) is 72.0 cm³/mol. The second-order valence-electron chi connectivity index (χ2n) is 3.29. The zero-order chi connectivity index (χ0) is 12.2. The molecule has 0 amide bonds. The highest BCUT2D eigenvalue weighted by Gasteiger charge is 2.07. The molecular formula is C10H13BrClNO2S. The van der Waals surface area contributed by atoms with Crippen LogP contribution in [0.1, 0.15) is 6.92 Å². The lowest BCUT2D eigenvalue weighted by molar-refractivity contribution is 0.597. The van der Waals surface area contributed by atoms with Crippen molar-refractivity contribution in [3.05, 3.63) is 27.7 Å². The Bertz CT molecular complexity index is 462. The van der Waals surface area contributed by atoms with Gasteiger partial charge in [0.25, 0.3) is 0 Å². The van der Waals surface area contributed by atoms with Crippen LogP contribution >= 0.6 is 27.5 Å². The highest BCUT2D eigenvalue weighted by Crippen LogP contribution is 2.25. The molecule has 0 radical (unpaired) electrons. The summed E-state index contributed by atoms with van der Waals surface area (Å²) in [5, 5.41) is 3.58. The van der Waals surface area contributed by atoms with Crippen molar-refractivity contribution in [1.29, 1.82) is 0 Å². The fourth-order valence-corrected chi connectivity index (χ4v) is 2.37. The molecule has 0 bridgehead atoms. The van der Waals surface area contributed by atoms with Gasteiger partial charge in [0.15, 0.2) is 9.84 Å². The van der Waals surface area contributed by atoms with Crippen LogP contribution in [0.3, 0.4) is 0 Å². The van der Waals surface area contributed by atoms with Gasteiger partial charge in [0.05, 0.1) is 16.5 Å². The molecule has 6 heteroatoms. The maximum atomic E-state index is 11.3. The monoisotopic (exact) mass is 325 g/mol. The van der Waals surface area contributed by atoms with Crippen molar-refractivity contribution in [1.82, 2.24) is 0 Å². The van der Waals surface area contributed by atoms with Crippen molar-refractivity contribution in [2.45, 2.75) is 6.92 Å². The Hall–Kier alpha value is -0.260. The molecule has 1 rings (SSSR count). The quantitative estimate of drug-likeness (QED) is 0.905. The summed E-state index contributed by atoms with van der Waals surface area (Å²) in [6, 6.07) is 5.40. The van der Waals surface area contributed by atoms with Crippen molar-refractivity contribution in [3.8, 4) is 0 Å². The summed E-state index contributed by atoms with van der Waals surface area (Å²) in [6.07, 6.45) is 0. The van der Waals surface area contributed by atoms with E-state index < -0.39 is 9.84 Å². The van der Waals surface area contributed by atoms with Crippen LogP contribution in [0.4, 0.5) is 5.69 Å². The minimum Gasteiger partial charge on any atom is -0.383 e. The van der Waals surface area contributed by atoms with E-state index in [1.54, 1.807) is 13.0 Å². The number of benzene rings is 1. The van der Waals surface area contributed by atoms with Crippen LogP contribution in [0.5, 0.6) is 0 Å². The first-order valence-corrected chi connectivity index (χ1v) is 7.83. The number of sulfone groups is 1. The Kier molecular flexibility index (Phi) is 5.08. The van der Waals surface area contributed by atoms with Crippen molar-refractivity contribution in [2.75, 3.05) is 23.4 Å². The smallest absolute Gasteiger partial charge is 0.151 e. The molecular weight excluding hydrogens is 314 g/mol. The molecule has 0 spiro atoms. The van der Waals surface area contributed by atoms with Crippen LogP contribution in [0, 0.1) is 0 Å². The molecule has 3 nitrogen and oxygen atoms in total. The Morgan fingerprint density at radius 3 is 2.75 bits per heavy atom. The minimum atomic E-state index is -2.93.